The highest BCUT2D eigenvalue weighted by atomic mass is 127. The van der Waals surface area contributed by atoms with Crippen molar-refractivity contribution in [2.45, 2.75) is 31.4 Å². The molecule has 0 aliphatic carbocycles. The molecule has 0 saturated carbocycles. The van der Waals surface area contributed by atoms with E-state index in [4.69, 9.17) is 4.74 Å². The molecule has 0 amide bonds. The molecule has 2 aliphatic rings. The molecule has 8 heteroatoms. The zero-order chi connectivity index (χ0) is 16.1. The van der Waals surface area contributed by atoms with E-state index in [0.717, 1.165) is 44.9 Å². The van der Waals surface area contributed by atoms with Crippen LogP contribution in [-0.2, 0) is 4.74 Å². The quantitative estimate of drug-likeness (QED) is 0.417. The molecule has 0 bridgehead atoms. The number of aliphatic imine (C=N–C) groups is 1. The third-order valence-corrected chi connectivity index (χ3v) is 4.31. The molecule has 2 N–H and O–H groups in total. The number of hydrogen-bond acceptors (Lipinski definition) is 4. The number of anilines is 1. The van der Waals surface area contributed by atoms with Crippen LogP contribution in [0.2, 0.25) is 0 Å². The molecule has 3 rings (SSSR count). The van der Waals surface area contributed by atoms with Crippen molar-refractivity contribution in [2.75, 3.05) is 38.2 Å². The summed E-state index contributed by atoms with van der Waals surface area (Å²) in [6, 6.07) is 3.29. The van der Waals surface area contributed by atoms with Crippen LogP contribution >= 0.6 is 24.0 Å². The number of aromatic nitrogens is 1. The van der Waals surface area contributed by atoms with E-state index in [9.17, 15) is 4.39 Å². The number of nitrogens with zero attached hydrogens (tertiary/aromatic N) is 3. The molecule has 0 radical (unpaired) electrons. The van der Waals surface area contributed by atoms with Crippen molar-refractivity contribution in [1.82, 2.24) is 15.6 Å². The zero-order valence-corrected chi connectivity index (χ0v) is 16.2. The van der Waals surface area contributed by atoms with Gasteiger partial charge in [0.1, 0.15) is 0 Å². The maximum Gasteiger partial charge on any atom is 0.191 e. The number of halogens is 2. The van der Waals surface area contributed by atoms with Gasteiger partial charge in [-0.2, -0.15) is 0 Å². The van der Waals surface area contributed by atoms with Crippen molar-refractivity contribution in [3.63, 3.8) is 0 Å². The Balaban J connectivity index is 0.00000208. The third kappa shape index (κ3) is 4.92. The van der Waals surface area contributed by atoms with Gasteiger partial charge in [0.25, 0.3) is 0 Å². The Hall–Kier alpha value is -1.16. The molecule has 1 aromatic heterocycles. The smallest absolute Gasteiger partial charge is 0.191 e. The standard InChI is InChI=1S/C16H24FN5O.HI/c1-18-16(20-10-13-4-3-9-23-13)21-12-6-8-22(11-12)15-14(17)5-2-7-19-15;/h2,5,7,12-13H,3-4,6,8-11H2,1H3,(H2,18,20,21);1H. The average Bonchev–Trinajstić information content (AvgIpc) is 3.23. The highest BCUT2D eigenvalue weighted by molar-refractivity contribution is 14.0. The summed E-state index contributed by atoms with van der Waals surface area (Å²) in [5.41, 5.74) is 0. The van der Waals surface area contributed by atoms with Crippen molar-refractivity contribution >= 4 is 35.8 Å². The lowest BCUT2D eigenvalue weighted by Crippen LogP contribution is -2.46. The highest BCUT2D eigenvalue weighted by Gasteiger charge is 2.26. The Bertz CT molecular complexity index is 553. The molecular formula is C16H25FIN5O. The number of ether oxygens (including phenoxy) is 1. The van der Waals surface area contributed by atoms with Gasteiger partial charge in [0.05, 0.1) is 6.10 Å². The maximum absolute atomic E-state index is 13.8. The lowest BCUT2D eigenvalue weighted by Gasteiger charge is -2.20. The minimum Gasteiger partial charge on any atom is -0.376 e. The summed E-state index contributed by atoms with van der Waals surface area (Å²) in [5, 5.41) is 6.71. The Morgan fingerprint density at radius 2 is 2.38 bits per heavy atom. The van der Waals surface area contributed by atoms with E-state index in [2.05, 4.69) is 20.6 Å². The van der Waals surface area contributed by atoms with E-state index >= 15 is 0 Å². The second-order valence-corrected chi connectivity index (χ2v) is 5.97. The first-order chi connectivity index (χ1) is 11.3. The Kier molecular flexibility index (Phi) is 7.47. The molecule has 3 heterocycles. The fraction of sp³-hybridized carbons (Fsp3) is 0.625. The van der Waals surface area contributed by atoms with E-state index in [0.29, 0.717) is 12.4 Å². The molecule has 6 nitrogen and oxygen atoms in total. The van der Waals surface area contributed by atoms with Crippen molar-refractivity contribution < 1.29 is 9.13 Å². The van der Waals surface area contributed by atoms with Gasteiger partial charge in [0.2, 0.25) is 0 Å². The summed E-state index contributed by atoms with van der Waals surface area (Å²) < 4.78 is 19.4. The van der Waals surface area contributed by atoms with Gasteiger partial charge in [0, 0.05) is 45.5 Å². The fourth-order valence-corrected chi connectivity index (χ4v) is 3.08. The van der Waals surface area contributed by atoms with Crippen LogP contribution in [0.4, 0.5) is 10.2 Å². The minimum absolute atomic E-state index is 0. The van der Waals surface area contributed by atoms with Crippen LogP contribution in [0.5, 0.6) is 0 Å². The van der Waals surface area contributed by atoms with Gasteiger partial charge < -0.3 is 20.3 Å². The molecule has 0 spiro atoms. The largest absolute Gasteiger partial charge is 0.376 e. The van der Waals surface area contributed by atoms with Gasteiger partial charge in [-0.3, -0.25) is 4.99 Å². The molecule has 2 fully saturated rings. The van der Waals surface area contributed by atoms with Crippen molar-refractivity contribution in [2.24, 2.45) is 4.99 Å². The Labute approximate surface area is 159 Å². The Morgan fingerprint density at radius 3 is 3.08 bits per heavy atom. The van der Waals surface area contributed by atoms with Crippen LogP contribution in [0.3, 0.4) is 0 Å². The van der Waals surface area contributed by atoms with E-state index in [-0.39, 0.29) is 41.9 Å². The zero-order valence-electron chi connectivity index (χ0n) is 13.9. The van der Waals surface area contributed by atoms with E-state index < -0.39 is 0 Å². The molecular weight excluding hydrogens is 424 g/mol. The third-order valence-electron chi connectivity index (χ3n) is 4.31. The van der Waals surface area contributed by atoms with Gasteiger partial charge in [0.15, 0.2) is 17.6 Å². The highest BCUT2D eigenvalue weighted by Crippen LogP contribution is 2.20. The summed E-state index contributed by atoms with van der Waals surface area (Å²) in [7, 11) is 1.76. The van der Waals surface area contributed by atoms with E-state index in [1.54, 1.807) is 19.3 Å². The van der Waals surface area contributed by atoms with Crippen molar-refractivity contribution in [3.8, 4) is 0 Å². The molecule has 2 atom stereocenters. The van der Waals surface area contributed by atoms with Gasteiger partial charge in [-0.25, -0.2) is 9.37 Å². The molecule has 134 valence electrons. The topological polar surface area (TPSA) is 61.8 Å². The second kappa shape index (κ2) is 9.36. The van der Waals surface area contributed by atoms with E-state index in [1.807, 2.05) is 4.90 Å². The number of rotatable bonds is 4. The SMILES string of the molecule is CN=C(NCC1CCCO1)NC1CCN(c2ncccc2F)C1.I. The number of nitrogens with one attached hydrogen (secondary N) is 2. The molecule has 24 heavy (non-hydrogen) atoms. The number of pyridine rings is 1. The molecule has 2 unspecified atom stereocenters. The van der Waals surface area contributed by atoms with Crippen molar-refractivity contribution in [1.29, 1.82) is 0 Å². The van der Waals surface area contributed by atoms with Gasteiger partial charge in [-0.05, 0) is 31.4 Å². The molecule has 2 saturated heterocycles. The molecule has 0 aromatic carbocycles. The van der Waals surface area contributed by atoms with Crippen LogP contribution in [-0.4, -0.2) is 56.4 Å². The van der Waals surface area contributed by atoms with Crippen LogP contribution < -0.4 is 15.5 Å². The average molecular weight is 449 g/mol. The summed E-state index contributed by atoms with van der Waals surface area (Å²) in [4.78, 5) is 10.4. The summed E-state index contributed by atoms with van der Waals surface area (Å²) >= 11 is 0. The number of guanidine groups is 1. The van der Waals surface area contributed by atoms with Gasteiger partial charge >= 0.3 is 0 Å². The first kappa shape index (κ1) is 19.2. The molecule has 2 aliphatic heterocycles. The second-order valence-electron chi connectivity index (χ2n) is 5.97. The summed E-state index contributed by atoms with van der Waals surface area (Å²) in [5.74, 6) is 0.932. The molecule has 1 aromatic rings. The first-order valence-electron chi connectivity index (χ1n) is 8.20. The van der Waals surface area contributed by atoms with Crippen LogP contribution in [0.25, 0.3) is 0 Å². The predicted octanol–water partition coefficient (Wildman–Crippen LogP) is 1.76. The van der Waals surface area contributed by atoms with E-state index in [1.165, 1.54) is 6.07 Å². The van der Waals surface area contributed by atoms with Crippen molar-refractivity contribution in [3.05, 3.63) is 24.1 Å². The van der Waals surface area contributed by atoms with Gasteiger partial charge in [-0.1, -0.05) is 0 Å². The lowest BCUT2D eigenvalue weighted by molar-refractivity contribution is 0.113. The van der Waals surface area contributed by atoms with Crippen LogP contribution in [0.1, 0.15) is 19.3 Å². The number of hydrogen-bond donors (Lipinski definition) is 2. The maximum atomic E-state index is 13.8. The fourth-order valence-electron chi connectivity index (χ4n) is 3.08. The minimum atomic E-state index is -0.269. The summed E-state index contributed by atoms with van der Waals surface area (Å²) in [6.07, 6.45) is 5.06. The predicted molar refractivity (Wildman–Crippen MR) is 104 cm³/mol. The van der Waals surface area contributed by atoms with Crippen LogP contribution in [0, 0.1) is 5.82 Å². The van der Waals surface area contributed by atoms with Gasteiger partial charge in [-0.15, -0.1) is 24.0 Å². The Morgan fingerprint density at radius 1 is 1.50 bits per heavy atom. The lowest BCUT2D eigenvalue weighted by atomic mass is 10.2. The summed E-state index contributed by atoms with van der Waals surface area (Å²) in [6.45, 7) is 3.12. The van der Waals surface area contributed by atoms with Crippen LogP contribution in [0.15, 0.2) is 23.3 Å². The first-order valence-corrected chi connectivity index (χ1v) is 8.20. The monoisotopic (exact) mass is 449 g/mol. The normalized spacial score (nSPS) is 23.9.